The van der Waals surface area contributed by atoms with E-state index >= 15 is 0 Å². The highest BCUT2D eigenvalue weighted by Gasteiger charge is 2.38. The molecule has 2 aliphatic carbocycles. The van der Waals surface area contributed by atoms with E-state index in [4.69, 9.17) is 5.73 Å². The summed E-state index contributed by atoms with van der Waals surface area (Å²) in [7, 11) is 0. The summed E-state index contributed by atoms with van der Waals surface area (Å²) in [5, 5.41) is 2.96. The quantitative estimate of drug-likeness (QED) is 0.801. The zero-order valence-electron chi connectivity index (χ0n) is 13.1. The van der Waals surface area contributed by atoms with Gasteiger partial charge in [-0.25, -0.2) is 0 Å². The van der Waals surface area contributed by atoms with Gasteiger partial charge in [-0.15, -0.1) is 12.4 Å². The Hall–Kier alpha value is -0.810. The van der Waals surface area contributed by atoms with Gasteiger partial charge in [-0.2, -0.15) is 0 Å². The number of nitrogens with two attached hydrogens (primary N) is 1. The zero-order chi connectivity index (χ0) is 14.8. The van der Waals surface area contributed by atoms with E-state index in [9.17, 15) is 9.59 Å². The third-order valence-electron chi connectivity index (χ3n) is 5.28. The van der Waals surface area contributed by atoms with Crippen LogP contribution in [0.15, 0.2) is 0 Å². The number of amides is 2. The van der Waals surface area contributed by atoms with Crippen molar-refractivity contribution >= 4 is 24.2 Å². The molecule has 22 heavy (non-hydrogen) atoms. The summed E-state index contributed by atoms with van der Waals surface area (Å²) in [6, 6.07) is -0.182. The number of nitrogens with zero attached hydrogens (tertiary/aromatic N) is 1. The third-order valence-corrected chi connectivity index (χ3v) is 5.28. The molecule has 0 spiro atoms. The van der Waals surface area contributed by atoms with Gasteiger partial charge >= 0.3 is 0 Å². The van der Waals surface area contributed by atoms with Crippen LogP contribution in [0.3, 0.4) is 0 Å². The molecule has 5 nitrogen and oxygen atoms in total. The van der Waals surface area contributed by atoms with E-state index in [0.717, 1.165) is 45.1 Å². The number of carbonyl (C=O) groups is 2. The van der Waals surface area contributed by atoms with Gasteiger partial charge in [0.25, 0.3) is 0 Å². The first-order valence-electron chi connectivity index (χ1n) is 8.50. The van der Waals surface area contributed by atoms with Crippen LogP contribution in [0.1, 0.15) is 51.4 Å². The number of hydrogen-bond acceptors (Lipinski definition) is 3. The minimum absolute atomic E-state index is 0. The Balaban J connectivity index is 0.00000176. The highest BCUT2D eigenvalue weighted by atomic mass is 35.5. The fourth-order valence-electron chi connectivity index (χ4n) is 3.74. The Morgan fingerprint density at radius 1 is 1.09 bits per heavy atom. The van der Waals surface area contributed by atoms with Gasteiger partial charge in [0.2, 0.25) is 11.8 Å². The van der Waals surface area contributed by atoms with E-state index < -0.39 is 0 Å². The molecular formula is C16H28ClN3O2. The molecule has 2 saturated carbocycles. The molecule has 1 saturated heterocycles. The van der Waals surface area contributed by atoms with Gasteiger partial charge < -0.3 is 16.0 Å². The van der Waals surface area contributed by atoms with E-state index in [2.05, 4.69) is 5.32 Å². The van der Waals surface area contributed by atoms with Crippen LogP contribution in [0.4, 0.5) is 0 Å². The third kappa shape index (κ3) is 3.93. The van der Waals surface area contributed by atoms with Crippen molar-refractivity contribution in [3.05, 3.63) is 0 Å². The minimum atomic E-state index is -0.260. The van der Waals surface area contributed by atoms with E-state index in [1.54, 1.807) is 0 Å². The molecule has 0 aromatic heterocycles. The molecule has 0 aromatic carbocycles. The molecule has 2 atom stereocenters. The summed E-state index contributed by atoms with van der Waals surface area (Å²) in [6.45, 7) is 1.29. The SMILES string of the molecule is Cl.NC(CNC(=O)C1CCCN1C(=O)C1CCCC1)C1CC1. The number of rotatable bonds is 5. The molecule has 0 aromatic rings. The maximum absolute atomic E-state index is 12.5. The zero-order valence-corrected chi connectivity index (χ0v) is 13.9. The van der Waals surface area contributed by atoms with Crippen molar-refractivity contribution in [2.75, 3.05) is 13.1 Å². The minimum Gasteiger partial charge on any atom is -0.353 e. The average Bonchev–Trinajstić information content (AvgIpc) is 3.02. The fourth-order valence-corrected chi connectivity index (χ4v) is 3.74. The van der Waals surface area contributed by atoms with Crippen molar-refractivity contribution in [2.24, 2.45) is 17.6 Å². The molecule has 0 radical (unpaired) electrons. The molecule has 3 fully saturated rings. The average molecular weight is 330 g/mol. The summed E-state index contributed by atoms with van der Waals surface area (Å²) in [6.07, 6.45) is 8.40. The lowest BCUT2D eigenvalue weighted by atomic mass is 10.1. The number of likely N-dealkylation sites (tertiary alicyclic amines) is 1. The summed E-state index contributed by atoms with van der Waals surface area (Å²) in [5.41, 5.74) is 6.02. The second-order valence-electron chi connectivity index (χ2n) is 6.92. The Morgan fingerprint density at radius 3 is 2.41 bits per heavy atom. The van der Waals surface area contributed by atoms with Crippen molar-refractivity contribution in [1.29, 1.82) is 0 Å². The van der Waals surface area contributed by atoms with Gasteiger partial charge in [0.1, 0.15) is 6.04 Å². The largest absolute Gasteiger partial charge is 0.353 e. The standard InChI is InChI=1S/C16H27N3O2.ClH/c17-13(11-7-8-11)10-18-15(20)14-6-3-9-19(14)16(21)12-4-1-2-5-12;/h11-14H,1-10,17H2,(H,18,20);1H. The van der Waals surface area contributed by atoms with Crippen molar-refractivity contribution < 1.29 is 9.59 Å². The Bertz CT molecular complexity index is 408. The van der Waals surface area contributed by atoms with Crippen LogP contribution >= 0.6 is 12.4 Å². The van der Waals surface area contributed by atoms with Crippen LogP contribution in [0, 0.1) is 11.8 Å². The second kappa shape index (κ2) is 7.64. The summed E-state index contributed by atoms with van der Waals surface area (Å²) in [4.78, 5) is 26.7. The molecule has 0 bridgehead atoms. The van der Waals surface area contributed by atoms with Crippen molar-refractivity contribution in [3.8, 4) is 0 Å². The number of halogens is 1. The molecule has 126 valence electrons. The normalized spacial score (nSPS) is 26.6. The Kier molecular flexibility index (Phi) is 6.09. The van der Waals surface area contributed by atoms with Crippen LogP contribution in [-0.2, 0) is 9.59 Å². The van der Waals surface area contributed by atoms with E-state index in [0.29, 0.717) is 12.5 Å². The Morgan fingerprint density at radius 2 is 1.77 bits per heavy atom. The summed E-state index contributed by atoms with van der Waals surface area (Å²) in [5.74, 6) is 0.948. The molecule has 3 rings (SSSR count). The van der Waals surface area contributed by atoms with Crippen LogP contribution in [-0.4, -0.2) is 41.9 Å². The molecule has 2 amide bonds. The molecule has 6 heteroatoms. The molecule has 2 unspecified atom stereocenters. The maximum Gasteiger partial charge on any atom is 0.242 e. The molecule has 1 heterocycles. The van der Waals surface area contributed by atoms with E-state index in [1.165, 1.54) is 12.8 Å². The summed E-state index contributed by atoms with van der Waals surface area (Å²) < 4.78 is 0. The first kappa shape index (κ1) is 17.5. The lowest BCUT2D eigenvalue weighted by Gasteiger charge is -2.27. The number of carbonyl (C=O) groups excluding carboxylic acids is 2. The van der Waals surface area contributed by atoms with Gasteiger partial charge in [0.15, 0.2) is 0 Å². The topological polar surface area (TPSA) is 75.4 Å². The second-order valence-corrected chi connectivity index (χ2v) is 6.92. The Labute approximate surface area is 138 Å². The van der Waals surface area contributed by atoms with Crippen LogP contribution in [0.5, 0.6) is 0 Å². The lowest BCUT2D eigenvalue weighted by molar-refractivity contribution is -0.141. The van der Waals surface area contributed by atoms with Gasteiger partial charge in [-0.1, -0.05) is 12.8 Å². The van der Waals surface area contributed by atoms with E-state index in [1.807, 2.05) is 4.90 Å². The number of nitrogens with one attached hydrogen (secondary N) is 1. The molecular weight excluding hydrogens is 302 g/mol. The summed E-state index contributed by atoms with van der Waals surface area (Å²) >= 11 is 0. The molecule has 3 N–H and O–H groups in total. The van der Waals surface area contributed by atoms with Gasteiger partial charge in [0, 0.05) is 25.0 Å². The first-order valence-corrected chi connectivity index (χ1v) is 8.50. The lowest BCUT2D eigenvalue weighted by Crippen LogP contribution is -2.50. The van der Waals surface area contributed by atoms with E-state index in [-0.39, 0.29) is 42.2 Å². The highest BCUT2D eigenvalue weighted by molar-refractivity contribution is 5.89. The maximum atomic E-state index is 12.5. The number of hydrogen-bond donors (Lipinski definition) is 2. The van der Waals surface area contributed by atoms with Crippen LogP contribution < -0.4 is 11.1 Å². The predicted molar refractivity (Wildman–Crippen MR) is 87.7 cm³/mol. The van der Waals surface area contributed by atoms with Gasteiger partial charge in [0.05, 0.1) is 0 Å². The smallest absolute Gasteiger partial charge is 0.242 e. The predicted octanol–water partition coefficient (Wildman–Crippen LogP) is 1.44. The fraction of sp³-hybridized carbons (Fsp3) is 0.875. The van der Waals surface area contributed by atoms with Crippen molar-refractivity contribution in [1.82, 2.24) is 10.2 Å². The monoisotopic (exact) mass is 329 g/mol. The first-order chi connectivity index (χ1) is 10.2. The van der Waals surface area contributed by atoms with Crippen molar-refractivity contribution in [2.45, 2.75) is 63.5 Å². The molecule has 3 aliphatic rings. The van der Waals surface area contributed by atoms with Crippen LogP contribution in [0.2, 0.25) is 0 Å². The van der Waals surface area contributed by atoms with Crippen LogP contribution in [0.25, 0.3) is 0 Å². The molecule has 1 aliphatic heterocycles. The van der Waals surface area contributed by atoms with Gasteiger partial charge in [-0.05, 0) is 44.4 Å². The van der Waals surface area contributed by atoms with Gasteiger partial charge in [-0.3, -0.25) is 9.59 Å². The van der Waals surface area contributed by atoms with Crippen molar-refractivity contribution in [3.63, 3.8) is 0 Å². The highest BCUT2D eigenvalue weighted by Crippen LogP contribution is 2.31.